The van der Waals surface area contributed by atoms with Crippen LogP contribution in [0.25, 0.3) is 65.3 Å². The SMILES string of the molecule is C[Si](C)(C)c1cc2c(-c3cccc4ccccc34)cccc2[cH-]1.C[Si](C)(C)c1cc2c(-c3cccc4ccccc34)cccc2[cH-]1.C[Si](C)=[Hf+2].[Cl-].[Cl-]. The van der Waals surface area contributed by atoms with Crippen LogP contribution in [0.3, 0.4) is 0 Å². The van der Waals surface area contributed by atoms with Gasteiger partial charge in [-0.05, 0) is 32.7 Å². The Hall–Kier alpha value is -2.84. The molecule has 0 aliphatic carbocycles. The average Bonchev–Trinajstić information content (AvgIpc) is 3.74. The second-order valence-electron chi connectivity index (χ2n) is 15.7. The summed E-state index contributed by atoms with van der Waals surface area (Å²) in [4.78, 5) is 0. The van der Waals surface area contributed by atoms with Gasteiger partial charge >= 0.3 is 41.6 Å². The van der Waals surface area contributed by atoms with Crippen LogP contribution < -0.4 is 35.2 Å². The number of halogens is 2. The van der Waals surface area contributed by atoms with Crippen LogP contribution in [0, 0.1) is 0 Å². The standard InChI is InChI=1S/2C22H21Si.C2H6Si.2ClH.Hf/c2*1-23(2,3)18-14-17-10-7-13-21(22(17)15-18)20-12-6-9-16-8-4-5-11-19(16)20;1-3-2;;;/h2*4-15H,1-3H3;1-2H3;2*1H;/q2*-1;;;;+2/p-2. The molecule has 0 saturated carbocycles. The van der Waals surface area contributed by atoms with Crippen molar-refractivity contribution in [2.45, 2.75) is 52.4 Å². The molecule has 52 heavy (non-hydrogen) atoms. The van der Waals surface area contributed by atoms with Gasteiger partial charge in [-0.25, -0.2) is 0 Å². The van der Waals surface area contributed by atoms with E-state index < -0.39 is 16.1 Å². The molecule has 0 atom stereocenters. The Morgan fingerprint density at radius 3 is 1.06 bits per heavy atom. The summed E-state index contributed by atoms with van der Waals surface area (Å²) in [6.07, 6.45) is 0. The fourth-order valence-electron chi connectivity index (χ4n) is 6.73. The largest absolute Gasteiger partial charge is 1.00 e. The molecule has 0 aliphatic heterocycles. The normalized spacial score (nSPS) is 11.3. The first kappa shape index (κ1) is 41.9. The molecule has 0 unspecified atom stereocenters. The minimum Gasteiger partial charge on any atom is -1.00 e. The molecule has 0 saturated heterocycles. The molecule has 0 heterocycles. The number of rotatable bonds is 4. The van der Waals surface area contributed by atoms with E-state index in [1.807, 2.05) is 0 Å². The van der Waals surface area contributed by atoms with Crippen molar-refractivity contribution in [3.8, 4) is 22.3 Å². The monoisotopic (exact) mass is 934 g/mol. The van der Waals surface area contributed by atoms with Crippen LogP contribution in [0.4, 0.5) is 0 Å². The topological polar surface area (TPSA) is 0 Å². The second-order valence-corrected chi connectivity index (χ2v) is 38.6. The molecule has 0 fully saturated rings. The van der Waals surface area contributed by atoms with Crippen molar-refractivity contribution in [1.29, 1.82) is 0 Å². The van der Waals surface area contributed by atoms with E-state index in [-0.39, 0.29) is 30.3 Å². The molecule has 8 aromatic rings. The zero-order chi connectivity index (χ0) is 35.6. The Labute approximate surface area is 340 Å². The number of benzene rings is 6. The van der Waals surface area contributed by atoms with E-state index in [1.165, 1.54) is 88.3 Å². The molecule has 0 amide bonds. The molecule has 8 aromatic carbocycles. The van der Waals surface area contributed by atoms with Crippen molar-refractivity contribution < 1.29 is 47.8 Å². The summed E-state index contributed by atoms with van der Waals surface area (Å²) in [5.74, 6) is 0. The van der Waals surface area contributed by atoms with E-state index in [0.29, 0.717) is 0 Å². The molecule has 0 aliphatic rings. The van der Waals surface area contributed by atoms with E-state index in [2.05, 4.69) is 198 Å². The summed E-state index contributed by atoms with van der Waals surface area (Å²) in [6.45, 7) is 19.2. The predicted octanol–water partition coefficient (Wildman–Crippen LogP) is 6.64. The van der Waals surface area contributed by atoms with Crippen LogP contribution in [-0.2, 0) is 23.0 Å². The van der Waals surface area contributed by atoms with E-state index >= 15 is 0 Å². The summed E-state index contributed by atoms with van der Waals surface area (Å²) >= 11 is 1.45. The molecular weight excluding hydrogens is 886 g/mol. The van der Waals surface area contributed by atoms with E-state index in [0.717, 1.165) is 0 Å². The zero-order valence-corrected chi connectivity index (χ0v) is 39.7. The molecule has 0 aromatic heterocycles. The van der Waals surface area contributed by atoms with Crippen molar-refractivity contribution in [2.75, 3.05) is 0 Å². The third-order valence-electron chi connectivity index (χ3n) is 9.39. The summed E-state index contributed by atoms with van der Waals surface area (Å²) < 4.78 is 0. The molecule has 8 rings (SSSR count). The molecule has 0 bridgehead atoms. The minimum absolute atomic E-state index is 0. The first-order chi connectivity index (χ1) is 23.8. The van der Waals surface area contributed by atoms with Gasteiger partial charge in [-0.3, -0.25) is 0 Å². The van der Waals surface area contributed by atoms with Gasteiger partial charge in [-0.2, -0.15) is 12.1 Å². The Morgan fingerprint density at radius 1 is 0.423 bits per heavy atom. The van der Waals surface area contributed by atoms with Gasteiger partial charge in [-0.1, -0.05) is 147 Å². The maximum absolute atomic E-state index is 2.43. The molecular formula is C46H48Cl2HfSi3-2. The van der Waals surface area contributed by atoms with Crippen LogP contribution in [0.1, 0.15) is 0 Å². The molecule has 0 nitrogen and oxygen atoms in total. The molecule has 264 valence electrons. The van der Waals surface area contributed by atoms with Crippen molar-refractivity contribution >= 4 is 75.1 Å². The Balaban J connectivity index is 0.000000204. The quantitative estimate of drug-likeness (QED) is 0.137. The Morgan fingerprint density at radius 2 is 0.712 bits per heavy atom. The number of hydrogen-bond acceptors (Lipinski definition) is 0. The Bertz CT molecular complexity index is 2280. The van der Waals surface area contributed by atoms with Crippen LogP contribution in [-0.4, -0.2) is 21.6 Å². The molecule has 0 N–H and O–H groups in total. The summed E-state index contributed by atoms with van der Waals surface area (Å²) in [6, 6.07) is 53.6. The van der Waals surface area contributed by atoms with Gasteiger partial charge in [0.15, 0.2) is 0 Å². The van der Waals surface area contributed by atoms with E-state index in [4.69, 9.17) is 0 Å². The zero-order valence-electron chi connectivity index (χ0n) is 31.6. The number of hydrogen-bond donors (Lipinski definition) is 0. The summed E-state index contributed by atoms with van der Waals surface area (Å²) in [7, 11) is -2.59. The minimum atomic E-state index is -1.29. The van der Waals surface area contributed by atoms with Gasteiger partial charge in [0.2, 0.25) is 0 Å². The predicted molar refractivity (Wildman–Crippen MR) is 228 cm³/mol. The van der Waals surface area contributed by atoms with Crippen LogP contribution in [0.2, 0.25) is 52.4 Å². The number of fused-ring (bicyclic) bond motifs is 4. The molecule has 0 spiro atoms. The third kappa shape index (κ3) is 9.44. The molecule has 6 heteroatoms. The van der Waals surface area contributed by atoms with Crippen LogP contribution in [0.5, 0.6) is 0 Å². The van der Waals surface area contributed by atoms with Crippen molar-refractivity contribution in [3.05, 3.63) is 146 Å². The first-order valence-corrected chi connectivity index (χ1v) is 32.6. The average molecular weight is 935 g/mol. The van der Waals surface area contributed by atoms with Crippen molar-refractivity contribution in [3.63, 3.8) is 0 Å². The second kappa shape index (κ2) is 17.5. The van der Waals surface area contributed by atoms with Gasteiger partial charge in [0.25, 0.3) is 0 Å². The van der Waals surface area contributed by atoms with Gasteiger partial charge in [0.1, 0.15) is 0 Å². The maximum atomic E-state index is 2.43. The third-order valence-corrected chi connectivity index (χ3v) is 13.4. The maximum Gasteiger partial charge on any atom is -1.00 e. The van der Waals surface area contributed by atoms with E-state index in [1.54, 1.807) is 10.4 Å². The van der Waals surface area contributed by atoms with Gasteiger partial charge < -0.3 is 24.8 Å². The van der Waals surface area contributed by atoms with Gasteiger partial charge in [-0.15, -0.1) is 68.3 Å². The van der Waals surface area contributed by atoms with Crippen LogP contribution >= 0.6 is 0 Å². The summed E-state index contributed by atoms with van der Waals surface area (Å²) in [5, 5.41) is 13.9. The van der Waals surface area contributed by atoms with Gasteiger partial charge in [0.05, 0.1) is 16.1 Å². The van der Waals surface area contributed by atoms with Crippen LogP contribution in [0.15, 0.2) is 146 Å². The first-order valence-electron chi connectivity index (χ1n) is 17.7. The Kier molecular flexibility index (Phi) is 14.1. The van der Waals surface area contributed by atoms with Crippen molar-refractivity contribution in [2.24, 2.45) is 0 Å². The van der Waals surface area contributed by atoms with Crippen molar-refractivity contribution in [1.82, 2.24) is 0 Å². The molecule has 0 radical (unpaired) electrons. The summed E-state index contributed by atoms with van der Waals surface area (Å²) in [5.41, 5.74) is 5.63. The smallest absolute Gasteiger partial charge is 1.00 e. The fourth-order valence-corrected chi connectivity index (χ4v) is 9.06. The van der Waals surface area contributed by atoms with E-state index in [9.17, 15) is 0 Å². The fraction of sp³-hybridized carbons (Fsp3) is 0.174. The van der Waals surface area contributed by atoms with Gasteiger partial charge in [0, 0.05) is 0 Å².